The van der Waals surface area contributed by atoms with Gasteiger partial charge in [-0.25, -0.2) is 8.42 Å². The summed E-state index contributed by atoms with van der Waals surface area (Å²) in [7, 11) is -2.50. The van der Waals surface area contributed by atoms with Gasteiger partial charge >= 0.3 is 0 Å². The molecule has 8 nitrogen and oxygen atoms in total. The lowest BCUT2D eigenvalue weighted by atomic mass is 10.1. The Hall–Kier alpha value is -2.30. The fourth-order valence-corrected chi connectivity index (χ4v) is 4.56. The zero-order chi connectivity index (χ0) is 26.3. The fraction of sp³-hybridized carbons (Fsp3) is 0.417. The predicted octanol–water partition coefficient (Wildman–Crippen LogP) is 4.21. The molecule has 0 spiro atoms. The largest absolute Gasteiger partial charge is 0.495 e. The van der Waals surface area contributed by atoms with Crippen molar-refractivity contribution in [1.82, 2.24) is 10.2 Å². The summed E-state index contributed by atoms with van der Waals surface area (Å²) in [6.45, 7) is 5.03. The lowest BCUT2D eigenvalue weighted by molar-refractivity contribution is -0.139. The van der Waals surface area contributed by atoms with E-state index in [0.29, 0.717) is 0 Å². The van der Waals surface area contributed by atoms with Gasteiger partial charge in [-0.1, -0.05) is 46.6 Å². The van der Waals surface area contributed by atoms with Crippen molar-refractivity contribution in [2.24, 2.45) is 0 Å². The van der Waals surface area contributed by atoms with Crippen LogP contribution in [0.15, 0.2) is 46.9 Å². The molecule has 2 aromatic rings. The number of carbonyl (C=O) groups excluding carboxylic acids is 2. The van der Waals surface area contributed by atoms with Crippen molar-refractivity contribution in [1.29, 1.82) is 0 Å². The standard InChI is InChI=1S/C24H31BrClN3O5S/c1-6-16(2)27-24(31)17(3)28(14-18-7-9-19(25)10-8-18)23(30)15-29(35(5,32)33)21-13-20(26)11-12-22(21)34-4/h7-13,16-17H,6,14-15H2,1-5H3,(H,27,31). The van der Waals surface area contributed by atoms with Crippen molar-refractivity contribution in [2.45, 2.75) is 45.8 Å². The monoisotopic (exact) mass is 587 g/mol. The minimum atomic E-state index is -3.90. The highest BCUT2D eigenvalue weighted by Crippen LogP contribution is 2.33. The number of rotatable bonds is 11. The van der Waals surface area contributed by atoms with Gasteiger partial charge in [-0.2, -0.15) is 0 Å². The van der Waals surface area contributed by atoms with Crippen LogP contribution in [0.3, 0.4) is 0 Å². The Bertz CT molecular complexity index is 1140. The molecule has 0 saturated heterocycles. The maximum atomic E-state index is 13.6. The molecule has 0 aromatic heterocycles. The molecule has 0 radical (unpaired) electrons. The van der Waals surface area contributed by atoms with Crippen LogP contribution in [0.2, 0.25) is 5.02 Å². The number of hydrogen-bond donors (Lipinski definition) is 1. The van der Waals surface area contributed by atoms with Crippen LogP contribution in [0.4, 0.5) is 5.69 Å². The summed E-state index contributed by atoms with van der Waals surface area (Å²) in [6, 6.07) is 10.9. The number of sulfonamides is 1. The first kappa shape index (κ1) is 28.9. The first-order valence-electron chi connectivity index (χ1n) is 11.0. The number of hydrogen-bond acceptors (Lipinski definition) is 5. The average Bonchev–Trinajstić information content (AvgIpc) is 2.80. The third-order valence-corrected chi connectivity index (χ3v) is 7.41. The number of nitrogens with one attached hydrogen (secondary N) is 1. The molecule has 192 valence electrons. The lowest BCUT2D eigenvalue weighted by Gasteiger charge is -2.32. The molecular formula is C24H31BrClN3O5S. The highest BCUT2D eigenvalue weighted by Gasteiger charge is 2.31. The van der Waals surface area contributed by atoms with Gasteiger partial charge in [0.05, 0.1) is 19.1 Å². The van der Waals surface area contributed by atoms with E-state index in [9.17, 15) is 18.0 Å². The Morgan fingerprint density at radius 3 is 2.31 bits per heavy atom. The number of benzene rings is 2. The van der Waals surface area contributed by atoms with Gasteiger partial charge in [-0.05, 0) is 56.2 Å². The van der Waals surface area contributed by atoms with Gasteiger partial charge < -0.3 is 15.0 Å². The molecule has 0 fully saturated rings. The molecular weight excluding hydrogens is 558 g/mol. The maximum Gasteiger partial charge on any atom is 0.244 e. The minimum absolute atomic E-state index is 0.0715. The van der Waals surface area contributed by atoms with Gasteiger partial charge in [0.15, 0.2) is 0 Å². The second-order valence-electron chi connectivity index (χ2n) is 8.23. The van der Waals surface area contributed by atoms with E-state index in [1.54, 1.807) is 13.0 Å². The summed E-state index contributed by atoms with van der Waals surface area (Å²) in [6.07, 6.45) is 1.73. The average molecular weight is 589 g/mol. The molecule has 2 aromatic carbocycles. The van der Waals surface area contributed by atoms with E-state index in [1.807, 2.05) is 38.1 Å². The fourth-order valence-electron chi connectivity index (χ4n) is 3.29. The predicted molar refractivity (Wildman–Crippen MR) is 142 cm³/mol. The van der Waals surface area contributed by atoms with E-state index in [-0.39, 0.29) is 35.0 Å². The van der Waals surface area contributed by atoms with Crippen LogP contribution in [0.1, 0.15) is 32.8 Å². The van der Waals surface area contributed by atoms with Crippen molar-refractivity contribution < 1.29 is 22.7 Å². The molecule has 2 rings (SSSR count). The van der Waals surface area contributed by atoms with Crippen molar-refractivity contribution in [3.8, 4) is 5.75 Å². The molecule has 1 N–H and O–H groups in total. The zero-order valence-corrected chi connectivity index (χ0v) is 23.6. The normalized spacial score (nSPS) is 13.0. The van der Waals surface area contributed by atoms with Crippen LogP contribution in [-0.2, 0) is 26.2 Å². The van der Waals surface area contributed by atoms with Gasteiger partial charge in [0.1, 0.15) is 18.3 Å². The van der Waals surface area contributed by atoms with Gasteiger partial charge in [0.2, 0.25) is 21.8 Å². The number of methoxy groups -OCH3 is 1. The van der Waals surface area contributed by atoms with Crippen molar-refractivity contribution >= 4 is 55.1 Å². The van der Waals surface area contributed by atoms with E-state index in [0.717, 1.165) is 27.0 Å². The molecule has 0 aliphatic carbocycles. The van der Waals surface area contributed by atoms with E-state index in [1.165, 1.54) is 24.1 Å². The van der Waals surface area contributed by atoms with Gasteiger partial charge in [0, 0.05) is 22.1 Å². The van der Waals surface area contributed by atoms with Crippen molar-refractivity contribution in [3.05, 3.63) is 57.5 Å². The number of halogens is 2. The first-order valence-corrected chi connectivity index (χ1v) is 14.0. The smallest absolute Gasteiger partial charge is 0.244 e. The first-order chi connectivity index (χ1) is 16.4. The topological polar surface area (TPSA) is 96.0 Å². The van der Waals surface area contributed by atoms with Crippen LogP contribution < -0.4 is 14.4 Å². The molecule has 0 heterocycles. The molecule has 11 heteroatoms. The van der Waals surface area contributed by atoms with E-state index in [4.69, 9.17) is 16.3 Å². The molecule has 2 atom stereocenters. The molecule has 0 aliphatic rings. The summed E-state index contributed by atoms with van der Waals surface area (Å²) >= 11 is 9.50. The van der Waals surface area contributed by atoms with Gasteiger partial charge in [-0.3, -0.25) is 13.9 Å². The molecule has 0 bridgehead atoms. The highest BCUT2D eigenvalue weighted by atomic mass is 79.9. The molecule has 2 amide bonds. The van der Waals surface area contributed by atoms with Crippen LogP contribution >= 0.6 is 27.5 Å². The number of amides is 2. The SMILES string of the molecule is CCC(C)NC(=O)C(C)N(Cc1ccc(Br)cc1)C(=O)CN(c1cc(Cl)ccc1OC)S(C)(=O)=O. The van der Waals surface area contributed by atoms with Crippen molar-refractivity contribution in [2.75, 3.05) is 24.2 Å². The highest BCUT2D eigenvalue weighted by molar-refractivity contribution is 9.10. The zero-order valence-electron chi connectivity index (χ0n) is 20.4. The van der Waals surface area contributed by atoms with Crippen LogP contribution in [0.25, 0.3) is 0 Å². The third kappa shape index (κ3) is 8.12. The summed E-state index contributed by atoms with van der Waals surface area (Å²) in [4.78, 5) is 27.9. The number of anilines is 1. The molecule has 35 heavy (non-hydrogen) atoms. The van der Waals surface area contributed by atoms with E-state index in [2.05, 4.69) is 21.2 Å². The summed E-state index contributed by atoms with van der Waals surface area (Å²) < 4.78 is 32.6. The second kappa shape index (κ2) is 12.6. The number of nitrogens with zero attached hydrogens (tertiary/aromatic N) is 2. The Kier molecular flexibility index (Phi) is 10.4. The summed E-state index contributed by atoms with van der Waals surface area (Å²) in [5.74, 6) is -0.627. The van der Waals surface area contributed by atoms with Crippen LogP contribution in [-0.4, -0.2) is 57.1 Å². The molecule has 2 unspecified atom stereocenters. The quantitative estimate of drug-likeness (QED) is 0.424. The Morgan fingerprint density at radius 1 is 1.14 bits per heavy atom. The Morgan fingerprint density at radius 2 is 1.77 bits per heavy atom. The Labute approximate surface area is 220 Å². The maximum absolute atomic E-state index is 13.6. The van der Waals surface area contributed by atoms with Gasteiger partial charge in [-0.15, -0.1) is 0 Å². The third-order valence-electron chi connectivity index (χ3n) is 5.52. The second-order valence-corrected chi connectivity index (χ2v) is 11.5. The van der Waals surface area contributed by atoms with Crippen LogP contribution in [0.5, 0.6) is 5.75 Å². The lowest BCUT2D eigenvalue weighted by Crippen LogP contribution is -2.52. The van der Waals surface area contributed by atoms with Crippen molar-refractivity contribution in [3.63, 3.8) is 0 Å². The number of carbonyl (C=O) groups is 2. The summed E-state index contributed by atoms with van der Waals surface area (Å²) in [5.41, 5.74) is 0.923. The molecule has 0 saturated carbocycles. The van der Waals surface area contributed by atoms with Crippen LogP contribution in [0, 0.1) is 0 Å². The molecule has 0 aliphatic heterocycles. The minimum Gasteiger partial charge on any atom is -0.495 e. The van der Waals surface area contributed by atoms with E-state index < -0.39 is 28.5 Å². The Balaban J connectivity index is 2.45. The van der Waals surface area contributed by atoms with E-state index >= 15 is 0 Å². The van der Waals surface area contributed by atoms with Gasteiger partial charge in [0.25, 0.3) is 0 Å². The summed E-state index contributed by atoms with van der Waals surface area (Å²) in [5, 5.41) is 3.18. The number of ether oxygens (including phenoxy) is 1.